The number of hydrogen-bond acceptors (Lipinski definition) is 5. The molecule has 0 unspecified atom stereocenters. The van der Waals surface area contributed by atoms with Gasteiger partial charge in [-0.15, -0.1) is 0 Å². The van der Waals surface area contributed by atoms with Crippen molar-refractivity contribution in [3.63, 3.8) is 0 Å². The molecule has 0 fully saturated rings. The molecule has 0 saturated heterocycles. The molecule has 1 aromatic carbocycles. The zero-order valence-corrected chi connectivity index (χ0v) is 14.7. The van der Waals surface area contributed by atoms with E-state index in [0.29, 0.717) is 21.6 Å². The fraction of sp³-hybridized carbons (Fsp3) is 0.0588. The van der Waals surface area contributed by atoms with Gasteiger partial charge in [0.15, 0.2) is 12.4 Å². The minimum Gasteiger partial charge on any atom is -0.452 e. The first-order valence-corrected chi connectivity index (χ1v) is 8.16. The van der Waals surface area contributed by atoms with Gasteiger partial charge in [0.25, 0.3) is 5.91 Å². The second kappa shape index (κ2) is 7.99. The molecule has 3 rings (SSSR count). The summed E-state index contributed by atoms with van der Waals surface area (Å²) >= 11 is 11.8. The monoisotopic (exact) mass is 390 g/mol. The highest BCUT2D eigenvalue weighted by Gasteiger charge is 2.12. The van der Waals surface area contributed by atoms with Crippen LogP contribution in [0.3, 0.4) is 0 Å². The number of benzene rings is 1. The second-order valence-corrected chi connectivity index (χ2v) is 5.95. The first kappa shape index (κ1) is 17.9. The Bertz CT molecular complexity index is 928. The Balaban J connectivity index is 1.56. The highest BCUT2D eigenvalue weighted by Crippen LogP contribution is 2.25. The molecule has 0 aliphatic carbocycles. The van der Waals surface area contributed by atoms with Crippen molar-refractivity contribution in [2.75, 3.05) is 11.9 Å². The normalized spacial score (nSPS) is 10.4. The molecular formula is C17H12Cl2N4O3. The van der Waals surface area contributed by atoms with E-state index in [1.54, 1.807) is 41.3 Å². The molecular weight excluding hydrogens is 379 g/mol. The van der Waals surface area contributed by atoms with Crippen LogP contribution in [0.4, 0.5) is 5.69 Å². The molecule has 0 atom stereocenters. The van der Waals surface area contributed by atoms with Crippen LogP contribution in [0.25, 0.3) is 5.82 Å². The Hall–Kier alpha value is -2.90. The average molecular weight is 391 g/mol. The number of nitrogens with one attached hydrogen (secondary N) is 1. The van der Waals surface area contributed by atoms with Crippen molar-refractivity contribution in [3.8, 4) is 5.82 Å². The first-order valence-electron chi connectivity index (χ1n) is 7.41. The number of aromatic nitrogens is 3. The topological polar surface area (TPSA) is 86.1 Å². The molecule has 0 saturated carbocycles. The highest BCUT2D eigenvalue weighted by molar-refractivity contribution is 6.35. The van der Waals surface area contributed by atoms with Gasteiger partial charge in [-0.2, -0.15) is 5.10 Å². The summed E-state index contributed by atoms with van der Waals surface area (Å²) in [6.45, 7) is -0.470. The zero-order valence-electron chi connectivity index (χ0n) is 13.2. The number of pyridine rings is 1. The van der Waals surface area contributed by atoms with Gasteiger partial charge in [0.2, 0.25) is 0 Å². The number of amides is 1. The van der Waals surface area contributed by atoms with Crippen LogP contribution < -0.4 is 5.32 Å². The van der Waals surface area contributed by atoms with E-state index in [1.807, 2.05) is 0 Å². The third-order valence-corrected chi connectivity index (χ3v) is 3.82. The van der Waals surface area contributed by atoms with E-state index in [9.17, 15) is 9.59 Å². The van der Waals surface area contributed by atoms with Crippen LogP contribution in [0.15, 0.2) is 55.0 Å². The molecule has 1 N–H and O–H groups in total. The second-order valence-electron chi connectivity index (χ2n) is 5.10. The Morgan fingerprint density at radius 2 is 2.04 bits per heavy atom. The van der Waals surface area contributed by atoms with E-state index >= 15 is 0 Å². The third kappa shape index (κ3) is 4.38. The molecule has 0 radical (unpaired) electrons. The standard InChI is InChI=1S/C17H12Cl2N4O3/c18-12-3-4-13(19)14(8-12)22-16(24)10-26-17(25)11-2-5-15(20-9-11)23-7-1-6-21-23/h1-9H,10H2,(H,22,24). The van der Waals surface area contributed by atoms with Gasteiger partial charge >= 0.3 is 5.97 Å². The van der Waals surface area contributed by atoms with Gasteiger partial charge < -0.3 is 10.1 Å². The van der Waals surface area contributed by atoms with E-state index in [-0.39, 0.29) is 5.56 Å². The number of carbonyl (C=O) groups excluding carboxylic acids is 2. The van der Waals surface area contributed by atoms with Crippen LogP contribution in [0, 0.1) is 0 Å². The van der Waals surface area contributed by atoms with Gasteiger partial charge in [0.05, 0.1) is 16.3 Å². The average Bonchev–Trinajstić information content (AvgIpc) is 3.17. The SMILES string of the molecule is O=C(COC(=O)c1ccc(-n2cccn2)nc1)Nc1cc(Cl)ccc1Cl. The molecule has 26 heavy (non-hydrogen) atoms. The number of hydrogen-bond donors (Lipinski definition) is 1. The fourth-order valence-electron chi connectivity index (χ4n) is 2.04. The van der Waals surface area contributed by atoms with Crippen LogP contribution in [0.5, 0.6) is 0 Å². The predicted octanol–water partition coefficient (Wildman–Crippen LogP) is 3.37. The summed E-state index contributed by atoms with van der Waals surface area (Å²) in [5.74, 6) is -0.652. The van der Waals surface area contributed by atoms with Crippen LogP contribution in [0.1, 0.15) is 10.4 Å². The minimum absolute atomic E-state index is 0.217. The van der Waals surface area contributed by atoms with Crippen LogP contribution in [-0.2, 0) is 9.53 Å². The van der Waals surface area contributed by atoms with Crippen molar-refractivity contribution in [1.82, 2.24) is 14.8 Å². The first-order chi connectivity index (χ1) is 12.5. The molecule has 1 amide bonds. The van der Waals surface area contributed by atoms with Crippen molar-refractivity contribution < 1.29 is 14.3 Å². The number of rotatable bonds is 5. The molecule has 3 aromatic rings. The third-order valence-electron chi connectivity index (χ3n) is 3.26. The highest BCUT2D eigenvalue weighted by atomic mass is 35.5. The quantitative estimate of drug-likeness (QED) is 0.674. The molecule has 0 aliphatic rings. The number of anilines is 1. The summed E-state index contributed by atoms with van der Waals surface area (Å²) in [7, 11) is 0. The van der Waals surface area contributed by atoms with Crippen molar-refractivity contribution in [3.05, 3.63) is 70.6 Å². The summed E-state index contributed by atoms with van der Waals surface area (Å²) < 4.78 is 6.53. The lowest BCUT2D eigenvalue weighted by Crippen LogP contribution is -2.21. The molecule has 7 nitrogen and oxygen atoms in total. The van der Waals surface area contributed by atoms with Gasteiger partial charge in [-0.05, 0) is 36.4 Å². The summed E-state index contributed by atoms with van der Waals surface area (Å²) in [5.41, 5.74) is 0.556. The van der Waals surface area contributed by atoms with E-state index in [4.69, 9.17) is 27.9 Å². The number of ether oxygens (including phenoxy) is 1. The smallest absolute Gasteiger partial charge is 0.340 e. The number of carbonyl (C=O) groups is 2. The minimum atomic E-state index is -0.670. The summed E-state index contributed by atoms with van der Waals surface area (Å²) in [6, 6.07) is 9.57. The molecule has 0 aliphatic heterocycles. The lowest BCUT2D eigenvalue weighted by Gasteiger charge is -2.08. The number of esters is 1. The van der Waals surface area contributed by atoms with Gasteiger partial charge in [-0.3, -0.25) is 4.79 Å². The molecule has 132 valence electrons. The summed E-state index contributed by atoms with van der Waals surface area (Å²) in [5, 5.41) is 7.31. The van der Waals surface area contributed by atoms with Crippen molar-refractivity contribution in [2.24, 2.45) is 0 Å². The maximum absolute atomic E-state index is 12.0. The Morgan fingerprint density at radius 3 is 2.73 bits per heavy atom. The predicted molar refractivity (Wildman–Crippen MR) is 96.7 cm³/mol. The van der Waals surface area contributed by atoms with E-state index in [1.165, 1.54) is 18.3 Å². The Labute approximate surface area is 158 Å². The van der Waals surface area contributed by atoms with Crippen molar-refractivity contribution in [1.29, 1.82) is 0 Å². The van der Waals surface area contributed by atoms with Gasteiger partial charge in [-0.25, -0.2) is 14.5 Å². The summed E-state index contributed by atoms with van der Waals surface area (Å²) in [4.78, 5) is 28.0. The van der Waals surface area contributed by atoms with Crippen LogP contribution in [-0.4, -0.2) is 33.2 Å². The van der Waals surface area contributed by atoms with Gasteiger partial charge in [0, 0.05) is 23.6 Å². The summed E-state index contributed by atoms with van der Waals surface area (Å²) in [6.07, 6.45) is 4.70. The van der Waals surface area contributed by atoms with Gasteiger partial charge in [-0.1, -0.05) is 23.2 Å². The molecule has 0 spiro atoms. The van der Waals surface area contributed by atoms with E-state index < -0.39 is 18.5 Å². The molecule has 2 aromatic heterocycles. The van der Waals surface area contributed by atoms with Crippen LogP contribution >= 0.6 is 23.2 Å². The fourth-order valence-corrected chi connectivity index (χ4v) is 2.38. The van der Waals surface area contributed by atoms with Crippen LogP contribution in [0.2, 0.25) is 10.0 Å². The largest absolute Gasteiger partial charge is 0.452 e. The van der Waals surface area contributed by atoms with Gasteiger partial charge in [0.1, 0.15) is 0 Å². The van der Waals surface area contributed by atoms with Crippen molar-refractivity contribution >= 4 is 40.8 Å². The zero-order chi connectivity index (χ0) is 18.5. The van der Waals surface area contributed by atoms with E-state index in [0.717, 1.165) is 0 Å². The maximum atomic E-state index is 12.0. The molecule has 9 heteroatoms. The lowest BCUT2D eigenvalue weighted by atomic mass is 10.3. The number of nitrogens with zero attached hydrogens (tertiary/aromatic N) is 3. The Kier molecular flexibility index (Phi) is 5.50. The molecule has 2 heterocycles. The molecule has 0 bridgehead atoms. The van der Waals surface area contributed by atoms with E-state index in [2.05, 4.69) is 15.4 Å². The van der Waals surface area contributed by atoms with Crippen molar-refractivity contribution in [2.45, 2.75) is 0 Å². The lowest BCUT2D eigenvalue weighted by molar-refractivity contribution is -0.119. The Morgan fingerprint density at radius 1 is 1.19 bits per heavy atom. The maximum Gasteiger partial charge on any atom is 0.340 e. The number of halogens is 2.